The third-order valence-corrected chi connectivity index (χ3v) is 5.71. The summed E-state index contributed by atoms with van der Waals surface area (Å²) in [5, 5.41) is 4.73. The van der Waals surface area contributed by atoms with Gasteiger partial charge in [0.2, 0.25) is 0 Å². The van der Waals surface area contributed by atoms with Gasteiger partial charge < -0.3 is 9.88 Å². The van der Waals surface area contributed by atoms with Gasteiger partial charge in [0.05, 0.1) is 11.2 Å². The molecule has 1 aliphatic heterocycles. The SMILES string of the molecule is Cc1ccc(-c2ccn(-c3ccc4c5c(n(C)c4c3)CNCC5)c(=O)c2)cn1.Cl. The summed E-state index contributed by atoms with van der Waals surface area (Å²) in [6, 6.07) is 13.9. The lowest BCUT2D eigenvalue weighted by molar-refractivity contribution is 0.614. The number of halogens is 1. The van der Waals surface area contributed by atoms with Crippen LogP contribution in [-0.4, -0.2) is 20.7 Å². The van der Waals surface area contributed by atoms with Crippen LogP contribution in [0.4, 0.5) is 0 Å². The number of fused-ring (bicyclic) bond motifs is 3. The van der Waals surface area contributed by atoms with Crippen molar-refractivity contribution in [3.63, 3.8) is 0 Å². The predicted molar refractivity (Wildman–Crippen MR) is 119 cm³/mol. The lowest BCUT2D eigenvalue weighted by Gasteiger charge is -2.14. The van der Waals surface area contributed by atoms with Crippen molar-refractivity contribution in [2.24, 2.45) is 7.05 Å². The molecule has 0 spiro atoms. The average Bonchev–Trinajstić information content (AvgIpc) is 3.01. The van der Waals surface area contributed by atoms with Crippen LogP contribution in [0.5, 0.6) is 0 Å². The van der Waals surface area contributed by atoms with Gasteiger partial charge >= 0.3 is 0 Å². The van der Waals surface area contributed by atoms with Crippen molar-refractivity contribution in [1.82, 2.24) is 19.4 Å². The fourth-order valence-electron chi connectivity index (χ4n) is 4.14. The number of aromatic nitrogens is 3. The van der Waals surface area contributed by atoms with Gasteiger partial charge in [0.25, 0.3) is 5.56 Å². The molecule has 0 bridgehead atoms. The first-order valence-corrected chi connectivity index (χ1v) is 9.59. The fourth-order valence-corrected chi connectivity index (χ4v) is 4.14. The van der Waals surface area contributed by atoms with Gasteiger partial charge in [-0.25, -0.2) is 0 Å². The van der Waals surface area contributed by atoms with Gasteiger partial charge in [-0.3, -0.25) is 14.3 Å². The molecule has 3 aromatic heterocycles. The molecular formula is C23H23ClN4O. The van der Waals surface area contributed by atoms with Crippen molar-refractivity contribution in [1.29, 1.82) is 0 Å². The normalized spacial score (nSPS) is 13.2. The molecule has 29 heavy (non-hydrogen) atoms. The van der Waals surface area contributed by atoms with Gasteiger partial charge in [-0.2, -0.15) is 0 Å². The van der Waals surface area contributed by atoms with E-state index in [0.29, 0.717) is 0 Å². The number of pyridine rings is 2. The Morgan fingerprint density at radius 3 is 2.69 bits per heavy atom. The molecule has 0 saturated heterocycles. The Kier molecular flexibility index (Phi) is 5.03. The van der Waals surface area contributed by atoms with Crippen LogP contribution in [0.1, 0.15) is 17.0 Å². The molecule has 0 amide bonds. The second-order valence-corrected chi connectivity index (χ2v) is 7.42. The Morgan fingerprint density at radius 2 is 1.93 bits per heavy atom. The number of nitrogens with one attached hydrogen (secondary N) is 1. The highest BCUT2D eigenvalue weighted by atomic mass is 35.5. The zero-order chi connectivity index (χ0) is 19.3. The minimum atomic E-state index is -0.0435. The van der Waals surface area contributed by atoms with Crippen LogP contribution < -0.4 is 10.9 Å². The van der Waals surface area contributed by atoms with Crippen molar-refractivity contribution in [2.75, 3.05) is 6.54 Å². The van der Waals surface area contributed by atoms with Gasteiger partial charge in [-0.1, -0.05) is 12.1 Å². The molecular weight excluding hydrogens is 384 g/mol. The Bertz CT molecular complexity index is 1250. The third-order valence-electron chi connectivity index (χ3n) is 5.71. The number of nitrogens with zero attached hydrogens (tertiary/aromatic N) is 3. The molecule has 4 aromatic rings. The molecule has 1 aromatic carbocycles. The summed E-state index contributed by atoms with van der Waals surface area (Å²) in [5.74, 6) is 0. The Hall–Kier alpha value is -2.89. The van der Waals surface area contributed by atoms with Crippen LogP contribution in [-0.2, 0) is 20.0 Å². The van der Waals surface area contributed by atoms with Gasteiger partial charge in [0.1, 0.15) is 0 Å². The summed E-state index contributed by atoms with van der Waals surface area (Å²) < 4.78 is 3.95. The van der Waals surface area contributed by atoms with E-state index in [1.807, 2.05) is 43.6 Å². The van der Waals surface area contributed by atoms with E-state index < -0.39 is 0 Å². The second-order valence-electron chi connectivity index (χ2n) is 7.42. The Balaban J connectivity index is 0.00000205. The zero-order valence-electron chi connectivity index (χ0n) is 16.5. The highest BCUT2D eigenvalue weighted by Crippen LogP contribution is 2.29. The Morgan fingerprint density at radius 1 is 1.07 bits per heavy atom. The molecule has 0 radical (unpaired) electrons. The molecule has 0 atom stereocenters. The van der Waals surface area contributed by atoms with Crippen LogP contribution in [0, 0.1) is 6.92 Å². The first-order valence-electron chi connectivity index (χ1n) is 9.59. The number of benzene rings is 1. The highest BCUT2D eigenvalue weighted by Gasteiger charge is 2.18. The van der Waals surface area contributed by atoms with E-state index in [1.165, 1.54) is 22.2 Å². The Labute approximate surface area is 175 Å². The molecule has 0 unspecified atom stereocenters. The van der Waals surface area contributed by atoms with Gasteiger partial charge in [0, 0.05) is 54.4 Å². The molecule has 4 heterocycles. The smallest absolute Gasteiger partial charge is 0.255 e. The van der Waals surface area contributed by atoms with E-state index in [-0.39, 0.29) is 18.0 Å². The molecule has 6 heteroatoms. The molecule has 5 nitrogen and oxygen atoms in total. The molecule has 1 N–H and O–H groups in total. The minimum absolute atomic E-state index is 0. The molecule has 0 saturated carbocycles. The van der Waals surface area contributed by atoms with Crippen LogP contribution in [0.3, 0.4) is 0 Å². The summed E-state index contributed by atoms with van der Waals surface area (Å²) in [6.07, 6.45) is 4.71. The largest absolute Gasteiger partial charge is 0.346 e. The second kappa shape index (κ2) is 7.50. The van der Waals surface area contributed by atoms with Gasteiger partial charge in [-0.05, 0) is 55.3 Å². The monoisotopic (exact) mass is 406 g/mol. The molecule has 5 rings (SSSR count). The first-order chi connectivity index (χ1) is 13.6. The van der Waals surface area contributed by atoms with Gasteiger partial charge in [-0.15, -0.1) is 12.4 Å². The molecule has 0 fully saturated rings. The summed E-state index contributed by atoms with van der Waals surface area (Å²) >= 11 is 0. The lowest BCUT2D eigenvalue weighted by atomic mass is 10.0. The van der Waals surface area contributed by atoms with E-state index in [2.05, 4.69) is 34.0 Å². The summed E-state index contributed by atoms with van der Waals surface area (Å²) in [4.78, 5) is 17.1. The zero-order valence-corrected chi connectivity index (χ0v) is 17.3. The van der Waals surface area contributed by atoms with Crippen LogP contribution in [0.2, 0.25) is 0 Å². The van der Waals surface area contributed by atoms with Crippen molar-refractivity contribution in [2.45, 2.75) is 19.9 Å². The van der Waals surface area contributed by atoms with E-state index in [0.717, 1.165) is 42.0 Å². The lowest BCUT2D eigenvalue weighted by Crippen LogP contribution is -2.24. The summed E-state index contributed by atoms with van der Waals surface area (Å²) in [6.45, 7) is 3.87. The number of hydrogen-bond acceptors (Lipinski definition) is 3. The predicted octanol–water partition coefficient (Wildman–Crippen LogP) is 3.77. The third kappa shape index (κ3) is 3.26. The number of hydrogen-bond donors (Lipinski definition) is 1. The average molecular weight is 407 g/mol. The minimum Gasteiger partial charge on any atom is -0.346 e. The summed E-state index contributed by atoms with van der Waals surface area (Å²) in [7, 11) is 2.11. The van der Waals surface area contributed by atoms with Crippen LogP contribution >= 0.6 is 12.4 Å². The quantitative estimate of drug-likeness (QED) is 0.551. The number of aryl methyl sites for hydroxylation is 2. The van der Waals surface area contributed by atoms with E-state index in [9.17, 15) is 4.79 Å². The topological polar surface area (TPSA) is 51.9 Å². The van der Waals surface area contributed by atoms with Crippen LogP contribution in [0.25, 0.3) is 27.7 Å². The highest BCUT2D eigenvalue weighted by molar-refractivity contribution is 5.87. The van der Waals surface area contributed by atoms with Crippen molar-refractivity contribution in [3.8, 4) is 16.8 Å². The molecule has 0 aliphatic carbocycles. The first kappa shape index (κ1) is 19.4. The van der Waals surface area contributed by atoms with E-state index in [1.54, 1.807) is 10.6 Å². The van der Waals surface area contributed by atoms with Crippen LogP contribution in [0.15, 0.2) is 59.7 Å². The molecule has 148 valence electrons. The van der Waals surface area contributed by atoms with Crippen molar-refractivity contribution >= 4 is 23.3 Å². The standard InChI is InChI=1S/C23H22N4O.ClH/c1-15-3-4-17(13-25-15)16-8-10-27(23(28)11-16)18-5-6-19-20-7-9-24-14-22(20)26(2)21(19)12-18;/h3-6,8,10-13,24H,7,9,14H2,1-2H3;1H. The van der Waals surface area contributed by atoms with Crippen molar-refractivity contribution in [3.05, 3.63) is 82.2 Å². The fraction of sp³-hybridized carbons (Fsp3) is 0.217. The maximum atomic E-state index is 12.8. The van der Waals surface area contributed by atoms with E-state index >= 15 is 0 Å². The van der Waals surface area contributed by atoms with Crippen molar-refractivity contribution < 1.29 is 0 Å². The van der Waals surface area contributed by atoms with Gasteiger partial charge in [0.15, 0.2) is 0 Å². The number of rotatable bonds is 2. The maximum Gasteiger partial charge on any atom is 0.255 e. The molecule has 1 aliphatic rings. The maximum absolute atomic E-state index is 12.8. The summed E-state index contributed by atoms with van der Waals surface area (Å²) in [5.41, 5.74) is 7.58. The van der Waals surface area contributed by atoms with E-state index in [4.69, 9.17) is 0 Å².